The van der Waals surface area contributed by atoms with Crippen molar-refractivity contribution in [2.75, 3.05) is 18.4 Å². The van der Waals surface area contributed by atoms with E-state index < -0.39 is 5.60 Å². The predicted octanol–water partition coefficient (Wildman–Crippen LogP) is 5.74. The molecule has 8 heteroatoms. The lowest BCUT2D eigenvalue weighted by atomic mass is 9.89. The van der Waals surface area contributed by atoms with Gasteiger partial charge in [-0.15, -0.1) is 0 Å². The topological polar surface area (TPSA) is 76.6 Å². The van der Waals surface area contributed by atoms with Gasteiger partial charge in [-0.2, -0.15) is 0 Å². The molecule has 3 aromatic rings. The first-order valence-corrected chi connectivity index (χ1v) is 12.6. The zero-order valence-corrected chi connectivity index (χ0v) is 20.6. The minimum absolute atomic E-state index is 0.128. The van der Waals surface area contributed by atoms with Gasteiger partial charge in [0.05, 0.1) is 10.2 Å². The van der Waals surface area contributed by atoms with E-state index in [0.717, 1.165) is 41.0 Å². The van der Waals surface area contributed by atoms with E-state index in [2.05, 4.69) is 27.4 Å². The molecule has 0 spiro atoms. The molecule has 1 saturated carbocycles. The van der Waals surface area contributed by atoms with Crippen molar-refractivity contribution in [1.29, 1.82) is 0 Å². The molecule has 0 atom stereocenters. The van der Waals surface area contributed by atoms with E-state index in [9.17, 15) is 4.79 Å². The van der Waals surface area contributed by atoms with E-state index >= 15 is 0 Å². The van der Waals surface area contributed by atoms with Crippen LogP contribution in [0, 0.1) is 0 Å². The summed E-state index contributed by atoms with van der Waals surface area (Å²) in [6, 6.07) is 12.5. The number of pyridine rings is 1. The van der Waals surface area contributed by atoms with Gasteiger partial charge in [0.2, 0.25) is 5.88 Å². The average molecular weight is 479 g/mol. The summed E-state index contributed by atoms with van der Waals surface area (Å²) in [6.07, 6.45) is 6.28. The number of benzene rings is 1. The second-order valence-electron chi connectivity index (χ2n) is 9.80. The highest BCUT2D eigenvalue weighted by Crippen LogP contribution is 2.35. The fourth-order valence-corrected chi connectivity index (χ4v) is 5.12. The van der Waals surface area contributed by atoms with E-state index in [1.54, 1.807) is 22.4 Å². The standard InChI is InChI=1S/C26H30N4O3S/c1-26(2,3)33-25(31)30-13-10-17(11-14-30)20-7-6-12-27-23(20)32-19-15-18(16-19)28-24-29-21-8-4-5-9-22(21)34-24/h4-10,12,18-19H,11,13-16H2,1-3H3,(H,28,29)/t18-,19+. The molecule has 1 amide bonds. The molecule has 2 aliphatic rings. The van der Waals surface area contributed by atoms with Crippen molar-refractivity contribution in [2.45, 2.75) is 57.8 Å². The minimum atomic E-state index is -0.492. The van der Waals surface area contributed by atoms with Crippen LogP contribution in [0.25, 0.3) is 15.8 Å². The second-order valence-corrected chi connectivity index (χ2v) is 10.8. The Kier molecular flexibility index (Phi) is 6.16. The highest BCUT2D eigenvalue weighted by Gasteiger charge is 2.33. The van der Waals surface area contributed by atoms with Crippen LogP contribution in [-0.4, -0.2) is 51.8 Å². The Hall–Kier alpha value is -3.13. The minimum Gasteiger partial charge on any atom is -0.474 e. The van der Waals surface area contributed by atoms with E-state index in [1.165, 1.54) is 4.70 Å². The molecule has 1 aromatic carbocycles. The molecule has 34 heavy (non-hydrogen) atoms. The number of fused-ring (bicyclic) bond motifs is 1. The van der Waals surface area contributed by atoms with E-state index in [0.29, 0.717) is 25.0 Å². The Bertz CT molecular complexity index is 1180. The molecule has 178 valence electrons. The zero-order valence-electron chi connectivity index (χ0n) is 19.8. The zero-order chi connectivity index (χ0) is 23.7. The molecule has 1 fully saturated rings. The fourth-order valence-electron chi connectivity index (χ4n) is 4.18. The summed E-state index contributed by atoms with van der Waals surface area (Å²) in [5, 5.41) is 4.50. The van der Waals surface area contributed by atoms with Crippen molar-refractivity contribution in [1.82, 2.24) is 14.9 Å². The largest absolute Gasteiger partial charge is 0.474 e. The summed E-state index contributed by atoms with van der Waals surface area (Å²) in [5.41, 5.74) is 2.71. The number of hydrogen-bond donors (Lipinski definition) is 1. The number of para-hydroxylation sites is 1. The fraction of sp³-hybridized carbons (Fsp3) is 0.423. The highest BCUT2D eigenvalue weighted by atomic mass is 32.1. The highest BCUT2D eigenvalue weighted by molar-refractivity contribution is 7.22. The van der Waals surface area contributed by atoms with Gasteiger partial charge in [-0.25, -0.2) is 14.8 Å². The first kappa shape index (κ1) is 22.7. The third kappa shape index (κ3) is 5.17. The Morgan fingerprint density at radius 1 is 1.18 bits per heavy atom. The quantitative estimate of drug-likeness (QED) is 0.504. The first-order chi connectivity index (χ1) is 16.3. The summed E-state index contributed by atoms with van der Waals surface area (Å²) in [4.78, 5) is 23.3. The molecule has 0 unspecified atom stereocenters. The lowest BCUT2D eigenvalue weighted by Crippen LogP contribution is -2.42. The molecule has 2 aromatic heterocycles. The number of anilines is 1. The normalized spacial score (nSPS) is 20.4. The maximum absolute atomic E-state index is 12.4. The molecule has 0 radical (unpaired) electrons. The van der Waals surface area contributed by atoms with E-state index in [4.69, 9.17) is 9.47 Å². The molecule has 1 aliphatic carbocycles. The van der Waals surface area contributed by atoms with Crippen LogP contribution in [0.1, 0.15) is 45.6 Å². The van der Waals surface area contributed by atoms with Crippen molar-refractivity contribution in [3.8, 4) is 5.88 Å². The maximum atomic E-state index is 12.4. The number of rotatable bonds is 5. The van der Waals surface area contributed by atoms with Gasteiger partial charge >= 0.3 is 6.09 Å². The number of amides is 1. The van der Waals surface area contributed by atoms with Gasteiger partial charge in [-0.05, 0) is 57.0 Å². The van der Waals surface area contributed by atoms with Crippen molar-refractivity contribution in [3.05, 3.63) is 54.2 Å². The molecular formula is C26H30N4O3S. The lowest BCUT2D eigenvalue weighted by Gasteiger charge is -2.36. The summed E-state index contributed by atoms with van der Waals surface area (Å²) >= 11 is 1.69. The molecular weight excluding hydrogens is 448 g/mol. The van der Waals surface area contributed by atoms with Crippen molar-refractivity contribution in [3.63, 3.8) is 0 Å². The van der Waals surface area contributed by atoms with Crippen molar-refractivity contribution >= 4 is 38.4 Å². The van der Waals surface area contributed by atoms with Crippen LogP contribution in [0.15, 0.2) is 48.7 Å². The summed E-state index contributed by atoms with van der Waals surface area (Å²) in [5.74, 6) is 0.669. The number of aromatic nitrogens is 2. The van der Waals surface area contributed by atoms with Crippen LogP contribution in [0.2, 0.25) is 0 Å². The summed E-state index contributed by atoms with van der Waals surface area (Å²) in [7, 11) is 0. The van der Waals surface area contributed by atoms with Gasteiger partial charge < -0.3 is 19.7 Å². The van der Waals surface area contributed by atoms with Crippen molar-refractivity contribution < 1.29 is 14.3 Å². The number of carbonyl (C=O) groups excluding carboxylic acids is 1. The number of thiazole rings is 1. The van der Waals surface area contributed by atoms with Crippen LogP contribution >= 0.6 is 11.3 Å². The molecule has 7 nitrogen and oxygen atoms in total. The molecule has 3 heterocycles. The Labute approximate surface area is 203 Å². The summed E-state index contributed by atoms with van der Waals surface area (Å²) in [6.45, 7) is 6.79. The number of ether oxygens (including phenoxy) is 2. The van der Waals surface area contributed by atoms with Crippen LogP contribution < -0.4 is 10.1 Å². The molecule has 1 N–H and O–H groups in total. The van der Waals surface area contributed by atoms with Gasteiger partial charge in [0, 0.05) is 43.7 Å². The van der Waals surface area contributed by atoms with Gasteiger partial charge in [-0.3, -0.25) is 0 Å². The molecule has 5 rings (SSSR count). The summed E-state index contributed by atoms with van der Waals surface area (Å²) < 4.78 is 13.0. The monoisotopic (exact) mass is 478 g/mol. The van der Waals surface area contributed by atoms with E-state index in [-0.39, 0.29) is 12.2 Å². The third-order valence-corrected chi connectivity index (χ3v) is 6.94. The number of nitrogens with zero attached hydrogens (tertiary/aromatic N) is 3. The van der Waals surface area contributed by atoms with Crippen LogP contribution in [0.3, 0.4) is 0 Å². The number of carbonyl (C=O) groups is 1. The van der Waals surface area contributed by atoms with Crippen molar-refractivity contribution in [2.24, 2.45) is 0 Å². The lowest BCUT2D eigenvalue weighted by molar-refractivity contribution is 0.0270. The smallest absolute Gasteiger partial charge is 0.410 e. The van der Waals surface area contributed by atoms with Crippen LogP contribution in [0.5, 0.6) is 5.88 Å². The Balaban J connectivity index is 1.17. The maximum Gasteiger partial charge on any atom is 0.410 e. The van der Waals surface area contributed by atoms with Gasteiger partial charge in [0.25, 0.3) is 0 Å². The predicted molar refractivity (Wildman–Crippen MR) is 135 cm³/mol. The second kappa shape index (κ2) is 9.25. The first-order valence-electron chi connectivity index (χ1n) is 11.8. The SMILES string of the molecule is CC(C)(C)OC(=O)N1CC=C(c2cccnc2O[C@H]2C[C@@H](Nc3nc4ccccc4s3)C2)CC1. The van der Waals surface area contributed by atoms with Gasteiger partial charge in [0.15, 0.2) is 5.13 Å². The average Bonchev–Trinajstić information content (AvgIpc) is 3.19. The molecule has 1 aliphatic heterocycles. The molecule has 0 bridgehead atoms. The number of nitrogens with one attached hydrogen (secondary N) is 1. The van der Waals surface area contributed by atoms with Gasteiger partial charge in [0.1, 0.15) is 11.7 Å². The Morgan fingerprint density at radius 2 is 2.00 bits per heavy atom. The number of hydrogen-bond acceptors (Lipinski definition) is 7. The van der Waals surface area contributed by atoms with Crippen LogP contribution in [-0.2, 0) is 4.74 Å². The van der Waals surface area contributed by atoms with Gasteiger partial charge in [-0.1, -0.05) is 29.5 Å². The Morgan fingerprint density at radius 3 is 2.74 bits per heavy atom. The third-order valence-electron chi connectivity index (χ3n) is 5.97. The van der Waals surface area contributed by atoms with Crippen LogP contribution in [0.4, 0.5) is 9.93 Å². The molecule has 0 saturated heterocycles. The van der Waals surface area contributed by atoms with E-state index in [1.807, 2.05) is 51.1 Å².